The molecule has 0 saturated carbocycles. The zero-order valence-corrected chi connectivity index (χ0v) is 12.2. The Labute approximate surface area is 115 Å². The van der Waals surface area contributed by atoms with Gasteiger partial charge in [-0.15, -0.1) is 17.9 Å². The minimum atomic E-state index is 0.415. The number of hydrogen-bond donors (Lipinski definition) is 1. The van der Waals surface area contributed by atoms with Gasteiger partial charge in [-0.25, -0.2) is 0 Å². The van der Waals surface area contributed by atoms with Crippen molar-refractivity contribution >= 4 is 11.3 Å². The van der Waals surface area contributed by atoms with E-state index >= 15 is 0 Å². The largest absolute Gasteiger partial charge is 0.381 e. The van der Waals surface area contributed by atoms with Gasteiger partial charge in [-0.2, -0.15) is 0 Å². The fraction of sp³-hybridized carbons (Fsp3) is 0.600. The normalized spacial score (nSPS) is 12.5. The van der Waals surface area contributed by atoms with E-state index in [9.17, 15) is 0 Å². The lowest BCUT2D eigenvalue weighted by atomic mass is 10.1. The van der Waals surface area contributed by atoms with E-state index < -0.39 is 0 Å². The maximum Gasteiger partial charge on any atom is 0.0478 e. The number of hydrogen-bond acceptors (Lipinski definition) is 3. The molecule has 0 spiro atoms. The molecule has 1 aromatic heterocycles. The summed E-state index contributed by atoms with van der Waals surface area (Å²) in [5, 5.41) is 5.70. The highest BCUT2D eigenvalue weighted by atomic mass is 32.1. The van der Waals surface area contributed by atoms with Crippen molar-refractivity contribution in [3.63, 3.8) is 0 Å². The first-order valence-electron chi connectivity index (χ1n) is 6.84. The Morgan fingerprint density at radius 1 is 1.44 bits per heavy atom. The molecule has 0 radical (unpaired) electrons. The van der Waals surface area contributed by atoms with E-state index in [1.54, 1.807) is 11.3 Å². The fourth-order valence-electron chi connectivity index (χ4n) is 1.76. The molecule has 0 aromatic carbocycles. The number of thiophene rings is 1. The average molecular weight is 267 g/mol. The Morgan fingerprint density at radius 2 is 2.28 bits per heavy atom. The molecular weight excluding hydrogens is 242 g/mol. The van der Waals surface area contributed by atoms with E-state index in [4.69, 9.17) is 4.74 Å². The van der Waals surface area contributed by atoms with Gasteiger partial charge in [0.05, 0.1) is 0 Å². The van der Waals surface area contributed by atoms with Crippen LogP contribution >= 0.6 is 11.3 Å². The molecule has 102 valence electrons. The van der Waals surface area contributed by atoms with Crippen LogP contribution in [0.25, 0.3) is 0 Å². The molecule has 0 aliphatic carbocycles. The smallest absolute Gasteiger partial charge is 0.0478 e. The Morgan fingerprint density at radius 3 is 2.94 bits per heavy atom. The van der Waals surface area contributed by atoms with E-state index in [0.29, 0.717) is 6.04 Å². The van der Waals surface area contributed by atoms with Gasteiger partial charge in [0, 0.05) is 24.1 Å². The topological polar surface area (TPSA) is 21.3 Å². The number of ether oxygens (including phenoxy) is 1. The van der Waals surface area contributed by atoms with Gasteiger partial charge in [-0.1, -0.05) is 25.5 Å². The quantitative estimate of drug-likeness (QED) is 0.480. The summed E-state index contributed by atoms with van der Waals surface area (Å²) >= 11 is 1.80. The van der Waals surface area contributed by atoms with Gasteiger partial charge in [-0.05, 0) is 37.3 Å². The lowest BCUT2D eigenvalue weighted by Gasteiger charge is -2.15. The van der Waals surface area contributed by atoms with Crippen molar-refractivity contribution in [3.8, 4) is 0 Å². The summed E-state index contributed by atoms with van der Waals surface area (Å²) in [6, 6.07) is 4.70. The highest BCUT2D eigenvalue weighted by Gasteiger charge is 2.09. The first-order chi connectivity index (χ1) is 8.88. The predicted molar refractivity (Wildman–Crippen MR) is 80.2 cm³/mol. The first kappa shape index (κ1) is 15.4. The molecule has 1 rings (SSSR count). The SMILES string of the molecule is C=CCC(NCCCOCCCC)c1cccs1. The average Bonchev–Trinajstić information content (AvgIpc) is 2.90. The van der Waals surface area contributed by atoms with Crippen LogP contribution in [0, 0.1) is 0 Å². The molecule has 3 heteroatoms. The van der Waals surface area contributed by atoms with Crippen LogP contribution in [-0.2, 0) is 4.74 Å². The first-order valence-corrected chi connectivity index (χ1v) is 7.71. The Kier molecular flexibility index (Phi) is 8.82. The molecule has 2 nitrogen and oxygen atoms in total. The Bertz CT molecular complexity index is 297. The number of unbranched alkanes of at least 4 members (excludes halogenated alkanes) is 1. The molecule has 0 saturated heterocycles. The molecule has 0 aliphatic heterocycles. The molecule has 1 N–H and O–H groups in total. The van der Waals surface area contributed by atoms with Crippen LogP contribution < -0.4 is 5.32 Å². The molecule has 0 aliphatic rings. The van der Waals surface area contributed by atoms with Crippen LogP contribution in [0.2, 0.25) is 0 Å². The summed E-state index contributed by atoms with van der Waals surface area (Å²) < 4.78 is 5.55. The minimum absolute atomic E-state index is 0.415. The summed E-state index contributed by atoms with van der Waals surface area (Å²) in [7, 11) is 0. The van der Waals surface area contributed by atoms with E-state index in [1.807, 2.05) is 6.08 Å². The third-order valence-corrected chi connectivity index (χ3v) is 3.77. The molecule has 1 unspecified atom stereocenters. The summed E-state index contributed by atoms with van der Waals surface area (Å²) in [4.78, 5) is 1.39. The summed E-state index contributed by atoms with van der Waals surface area (Å²) in [5.74, 6) is 0. The Balaban J connectivity index is 2.13. The second-order valence-corrected chi connectivity index (χ2v) is 5.35. The molecule has 0 amide bonds. The van der Waals surface area contributed by atoms with Gasteiger partial charge >= 0.3 is 0 Å². The van der Waals surface area contributed by atoms with Gasteiger partial charge in [0.1, 0.15) is 0 Å². The highest BCUT2D eigenvalue weighted by molar-refractivity contribution is 7.10. The van der Waals surface area contributed by atoms with Crippen LogP contribution in [0.5, 0.6) is 0 Å². The lowest BCUT2D eigenvalue weighted by molar-refractivity contribution is 0.128. The maximum absolute atomic E-state index is 5.55. The molecular formula is C15H25NOS. The third-order valence-electron chi connectivity index (χ3n) is 2.79. The zero-order chi connectivity index (χ0) is 13.1. The maximum atomic E-state index is 5.55. The van der Waals surface area contributed by atoms with Crippen molar-refractivity contribution in [2.45, 2.75) is 38.6 Å². The van der Waals surface area contributed by atoms with Crippen molar-refractivity contribution in [1.29, 1.82) is 0 Å². The van der Waals surface area contributed by atoms with E-state index in [1.165, 1.54) is 17.7 Å². The fourth-order valence-corrected chi connectivity index (χ4v) is 2.57. The zero-order valence-electron chi connectivity index (χ0n) is 11.4. The number of rotatable bonds is 11. The van der Waals surface area contributed by atoms with Crippen molar-refractivity contribution in [2.75, 3.05) is 19.8 Å². The minimum Gasteiger partial charge on any atom is -0.381 e. The summed E-state index contributed by atoms with van der Waals surface area (Å²) in [6.45, 7) is 8.78. The monoisotopic (exact) mass is 267 g/mol. The summed E-state index contributed by atoms with van der Waals surface area (Å²) in [5.41, 5.74) is 0. The third kappa shape index (κ3) is 6.34. The van der Waals surface area contributed by atoms with Crippen molar-refractivity contribution in [2.24, 2.45) is 0 Å². The summed E-state index contributed by atoms with van der Waals surface area (Å²) in [6.07, 6.45) is 6.41. The van der Waals surface area contributed by atoms with E-state index in [2.05, 4.69) is 36.3 Å². The molecule has 0 bridgehead atoms. The second-order valence-electron chi connectivity index (χ2n) is 4.37. The van der Waals surface area contributed by atoms with Crippen LogP contribution in [0.15, 0.2) is 30.2 Å². The number of nitrogens with one attached hydrogen (secondary N) is 1. The van der Waals surface area contributed by atoms with Crippen molar-refractivity contribution in [3.05, 3.63) is 35.0 Å². The van der Waals surface area contributed by atoms with Gasteiger partial charge in [-0.3, -0.25) is 0 Å². The molecule has 18 heavy (non-hydrogen) atoms. The molecule has 1 atom stereocenters. The van der Waals surface area contributed by atoms with E-state index in [-0.39, 0.29) is 0 Å². The van der Waals surface area contributed by atoms with Crippen LogP contribution in [0.3, 0.4) is 0 Å². The molecule has 1 aromatic rings. The van der Waals surface area contributed by atoms with Gasteiger partial charge in [0.2, 0.25) is 0 Å². The molecule has 1 heterocycles. The van der Waals surface area contributed by atoms with Crippen molar-refractivity contribution in [1.82, 2.24) is 5.32 Å². The van der Waals surface area contributed by atoms with Crippen LogP contribution in [0.1, 0.15) is 43.5 Å². The highest BCUT2D eigenvalue weighted by Crippen LogP contribution is 2.21. The van der Waals surface area contributed by atoms with Crippen molar-refractivity contribution < 1.29 is 4.74 Å². The molecule has 0 fully saturated rings. The Hall–Kier alpha value is -0.640. The van der Waals surface area contributed by atoms with Crippen LogP contribution in [-0.4, -0.2) is 19.8 Å². The van der Waals surface area contributed by atoms with Crippen LogP contribution in [0.4, 0.5) is 0 Å². The van der Waals surface area contributed by atoms with Gasteiger partial charge in [0.25, 0.3) is 0 Å². The lowest BCUT2D eigenvalue weighted by Crippen LogP contribution is -2.22. The standard InChI is InChI=1S/C15H25NOS/c1-3-5-11-17-12-7-10-16-14(8-4-2)15-9-6-13-18-15/h4,6,9,13-14,16H,2-3,5,7-8,10-12H2,1H3. The van der Waals surface area contributed by atoms with Gasteiger partial charge < -0.3 is 10.1 Å². The predicted octanol–water partition coefficient (Wildman–Crippen LogP) is 4.16. The second kappa shape index (κ2) is 10.3. The van der Waals surface area contributed by atoms with E-state index in [0.717, 1.165) is 32.6 Å². The van der Waals surface area contributed by atoms with Gasteiger partial charge in [0.15, 0.2) is 0 Å².